The maximum Gasteiger partial charge on any atom is 0.269 e. The van der Waals surface area contributed by atoms with Crippen LogP contribution in [0.1, 0.15) is 31.9 Å². The van der Waals surface area contributed by atoms with Crippen LogP contribution in [0.15, 0.2) is 35.9 Å². The van der Waals surface area contributed by atoms with Gasteiger partial charge in [0.05, 0.1) is 4.92 Å². The molecule has 0 bridgehead atoms. The number of aliphatic hydroxyl groups is 1. The van der Waals surface area contributed by atoms with Crippen molar-refractivity contribution in [2.45, 2.75) is 26.4 Å². The molecule has 100 valence electrons. The molecule has 0 saturated carbocycles. The summed E-state index contributed by atoms with van der Waals surface area (Å²) in [5.41, 5.74) is 0.582. The number of carbonyl (C=O) groups excluding carboxylic acids is 1. The van der Waals surface area contributed by atoms with Gasteiger partial charge in [0.1, 0.15) is 6.10 Å². The molecule has 2 rings (SSSR count). The summed E-state index contributed by atoms with van der Waals surface area (Å²) in [6.07, 6.45) is 1.14. The maximum absolute atomic E-state index is 11.8. The third-order valence-electron chi connectivity index (χ3n) is 3.20. The highest BCUT2D eigenvalue weighted by Gasteiger charge is 2.33. The van der Waals surface area contributed by atoms with Gasteiger partial charge in [-0.05, 0) is 23.1 Å². The summed E-state index contributed by atoms with van der Waals surface area (Å²) in [4.78, 5) is 21.9. The Morgan fingerprint density at radius 3 is 2.32 bits per heavy atom. The number of hydrogen-bond acceptors (Lipinski definition) is 4. The molecule has 0 amide bonds. The van der Waals surface area contributed by atoms with E-state index in [1.807, 2.05) is 13.8 Å². The van der Waals surface area contributed by atoms with Crippen molar-refractivity contribution >= 4 is 11.5 Å². The summed E-state index contributed by atoms with van der Waals surface area (Å²) in [7, 11) is 0. The highest BCUT2D eigenvalue weighted by atomic mass is 16.6. The Kier molecular flexibility index (Phi) is 3.24. The molecule has 0 heterocycles. The number of nitro groups is 1. The topological polar surface area (TPSA) is 80.4 Å². The van der Waals surface area contributed by atoms with E-state index in [4.69, 9.17) is 0 Å². The van der Waals surface area contributed by atoms with Gasteiger partial charge in [-0.15, -0.1) is 0 Å². The molecule has 0 radical (unpaired) electrons. The number of benzene rings is 1. The Labute approximate surface area is 110 Å². The maximum atomic E-state index is 11.8. The molecule has 1 aromatic carbocycles. The van der Waals surface area contributed by atoms with Crippen molar-refractivity contribution in [2.24, 2.45) is 5.41 Å². The van der Waals surface area contributed by atoms with Crippen molar-refractivity contribution in [3.8, 4) is 0 Å². The Hall–Kier alpha value is -2.01. The van der Waals surface area contributed by atoms with Crippen molar-refractivity contribution < 1.29 is 14.8 Å². The third kappa shape index (κ3) is 2.71. The first kappa shape index (κ1) is 13.4. The van der Waals surface area contributed by atoms with Gasteiger partial charge < -0.3 is 5.11 Å². The lowest BCUT2D eigenvalue weighted by Gasteiger charge is -2.11. The number of non-ortho nitro benzene ring substituents is 1. The largest absolute Gasteiger partial charge is 0.384 e. The van der Waals surface area contributed by atoms with Gasteiger partial charge in [0.15, 0.2) is 5.78 Å². The number of nitrogens with zero attached hydrogens (tertiary/aromatic N) is 1. The van der Waals surface area contributed by atoms with E-state index in [9.17, 15) is 20.0 Å². The number of rotatable bonds is 3. The van der Waals surface area contributed by atoms with Crippen molar-refractivity contribution in [2.75, 3.05) is 0 Å². The molecule has 0 aromatic heterocycles. The first-order chi connectivity index (χ1) is 8.80. The Morgan fingerprint density at radius 1 is 1.32 bits per heavy atom. The summed E-state index contributed by atoms with van der Waals surface area (Å²) in [6.45, 7) is 3.86. The zero-order valence-corrected chi connectivity index (χ0v) is 10.8. The average Bonchev–Trinajstić information content (AvgIpc) is 2.62. The molecule has 0 saturated heterocycles. The fourth-order valence-electron chi connectivity index (χ4n) is 2.26. The van der Waals surface area contributed by atoms with Gasteiger partial charge in [-0.2, -0.15) is 0 Å². The summed E-state index contributed by atoms with van der Waals surface area (Å²) in [5.74, 6) is -0.0733. The van der Waals surface area contributed by atoms with Crippen LogP contribution in [0.4, 0.5) is 5.69 Å². The molecule has 19 heavy (non-hydrogen) atoms. The monoisotopic (exact) mass is 261 g/mol. The number of aliphatic hydroxyl groups excluding tert-OH is 1. The fourth-order valence-corrected chi connectivity index (χ4v) is 2.26. The van der Waals surface area contributed by atoms with Crippen molar-refractivity contribution in [1.29, 1.82) is 0 Å². The smallest absolute Gasteiger partial charge is 0.269 e. The minimum Gasteiger partial charge on any atom is -0.384 e. The predicted molar refractivity (Wildman–Crippen MR) is 69.5 cm³/mol. The van der Waals surface area contributed by atoms with Gasteiger partial charge in [-0.25, -0.2) is 0 Å². The van der Waals surface area contributed by atoms with Crippen molar-refractivity contribution in [3.63, 3.8) is 0 Å². The molecule has 1 aromatic rings. The highest BCUT2D eigenvalue weighted by Crippen LogP contribution is 2.38. The van der Waals surface area contributed by atoms with Crippen molar-refractivity contribution in [3.05, 3.63) is 51.6 Å². The Morgan fingerprint density at radius 2 is 1.89 bits per heavy atom. The van der Waals surface area contributed by atoms with Gasteiger partial charge >= 0.3 is 0 Å². The number of carbonyl (C=O) groups is 1. The average molecular weight is 261 g/mol. The summed E-state index contributed by atoms with van der Waals surface area (Å²) in [6, 6.07) is 5.60. The van der Waals surface area contributed by atoms with Gasteiger partial charge in [-0.3, -0.25) is 14.9 Å². The molecule has 5 heteroatoms. The molecule has 1 aliphatic carbocycles. The summed E-state index contributed by atoms with van der Waals surface area (Å²) < 4.78 is 0. The van der Waals surface area contributed by atoms with Crippen LogP contribution in [0.25, 0.3) is 0 Å². The van der Waals surface area contributed by atoms with E-state index < -0.39 is 11.0 Å². The van der Waals surface area contributed by atoms with Gasteiger partial charge in [0, 0.05) is 24.1 Å². The van der Waals surface area contributed by atoms with E-state index in [0.29, 0.717) is 17.6 Å². The second-order valence-electron chi connectivity index (χ2n) is 5.44. The molecular formula is C14H15NO4. The van der Waals surface area contributed by atoms with Crippen LogP contribution >= 0.6 is 0 Å². The van der Waals surface area contributed by atoms with E-state index in [-0.39, 0.29) is 16.9 Å². The van der Waals surface area contributed by atoms with E-state index >= 15 is 0 Å². The number of ketones is 1. The van der Waals surface area contributed by atoms with Crippen LogP contribution in [-0.2, 0) is 4.79 Å². The molecule has 1 N–H and O–H groups in total. The standard InChI is InChI=1S/C14H15NO4/c1-14(2)7-11(12(16)8-14)13(17)9-3-5-10(6-4-9)15(18)19/h3-7,13,17H,8H2,1-2H3. The Balaban J connectivity index is 2.27. The second kappa shape index (κ2) is 4.59. The predicted octanol–water partition coefficient (Wildman–Crippen LogP) is 2.55. The minimum atomic E-state index is -1.02. The zero-order valence-electron chi connectivity index (χ0n) is 10.8. The van der Waals surface area contributed by atoms with E-state index in [0.717, 1.165) is 0 Å². The van der Waals surface area contributed by atoms with Crippen LogP contribution in [0.2, 0.25) is 0 Å². The first-order valence-electron chi connectivity index (χ1n) is 5.98. The Bertz CT molecular complexity index is 557. The zero-order chi connectivity index (χ0) is 14.2. The van der Waals surface area contributed by atoms with Crippen LogP contribution in [0, 0.1) is 15.5 Å². The highest BCUT2D eigenvalue weighted by molar-refractivity contribution is 5.99. The lowest BCUT2D eigenvalue weighted by molar-refractivity contribution is -0.384. The molecule has 5 nitrogen and oxygen atoms in total. The second-order valence-corrected chi connectivity index (χ2v) is 5.44. The molecular weight excluding hydrogens is 246 g/mol. The van der Waals surface area contributed by atoms with Gasteiger partial charge in [0.2, 0.25) is 0 Å². The van der Waals surface area contributed by atoms with Crippen LogP contribution in [-0.4, -0.2) is 15.8 Å². The first-order valence-corrected chi connectivity index (χ1v) is 5.98. The lowest BCUT2D eigenvalue weighted by Crippen LogP contribution is -2.08. The van der Waals surface area contributed by atoms with Crippen LogP contribution in [0.5, 0.6) is 0 Å². The van der Waals surface area contributed by atoms with Gasteiger partial charge in [-0.1, -0.05) is 19.9 Å². The normalized spacial score (nSPS) is 19.1. The number of nitro benzene ring substituents is 1. The molecule has 1 atom stereocenters. The van der Waals surface area contributed by atoms with Gasteiger partial charge in [0.25, 0.3) is 5.69 Å². The third-order valence-corrected chi connectivity index (χ3v) is 3.20. The number of allylic oxidation sites excluding steroid dienone is 1. The fraction of sp³-hybridized carbons (Fsp3) is 0.357. The lowest BCUT2D eigenvalue weighted by atomic mass is 9.93. The molecule has 0 aliphatic heterocycles. The minimum absolute atomic E-state index is 0.0389. The molecule has 0 spiro atoms. The van der Waals surface area contributed by atoms with Crippen LogP contribution in [0.3, 0.4) is 0 Å². The van der Waals surface area contributed by atoms with Crippen molar-refractivity contribution in [1.82, 2.24) is 0 Å². The number of Topliss-reactive ketones (excluding diaryl/α,β-unsaturated/α-hetero) is 1. The van der Waals surface area contributed by atoms with Crippen LogP contribution < -0.4 is 0 Å². The van der Waals surface area contributed by atoms with E-state index in [1.54, 1.807) is 6.08 Å². The summed E-state index contributed by atoms with van der Waals surface area (Å²) >= 11 is 0. The molecule has 0 fully saturated rings. The molecule has 1 aliphatic rings. The van der Waals surface area contributed by atoms with E-state index in [2.05, 4.69) is 0 Å². The number of hydrogen-bond donors (Lipinski definition) is 1. The molecule has 1 unspecified atom stereocenters. The summed E-state index contributed by atoms with van der Waals surface area (Å²) in [5, 5.41) is 20.7. The van der Waals surface area contributed by atoms with E-state index in [1.165, 1.54) is 24.3 Å². The quantitative estimate of drug-likeness (QED) is 0.669. The SMILES string of the molecule is CC1(C)C=C(C(O)c2ccc([N+](=O)[O-])cc2)C(=O)C1.